The number of aryl methyl sites for hydroxylation is 1. The van der Waals surface area contributed by atoms with Crippen molar-refractivity contribution in [3.05, 3.63) is 53.0 Å². The number of likely N-dealkylation sites (tertiary alicyclic amines) is 1. The molecule has 0 saturated carbocycles. The predicted octanol–water partition coefficient (Wildman–Crippen LogP) is 3.09. The van der Waals surface area contributed by atoms with Crippen LogP contribution in [0.3, 0.4) is 0 Å². The number of carbonyl (C=O) groups excluding carboxylic acids is 1. The summed E-state index contributed by atoms with van der Waals surface area (Å²) in [5.41, 5.74) is 3.80. The highest BCUT2D eigenvalue weighted by Gasteiger charge is 2.37. The average molecular weight is 350 g/mol. The van der Waals surface area contributed by atoms with Crippen LogP contribution in [0, 0.1) is 6.92 Å². The third-order valence-electron chi connectivity index (χ3n) is 5.43. The highest BCUT2D eigenvalue weighted by Crippen LogP contribution is 2.29. The number of nitrogens with zero attached hydrogens (tertiary/aromatic N) is 3. The first-order chi connectivity index (χ1) is 12.5. The van der Waals surface area contributed by atoms with Gasteiger partial charge in [-0.15, -0.1) is 0 Å². The second-order valence-corrected chi connectivity index (χ2v) is 7.80. The zero-order chi connectivity index (χ0) is 18.3. The van der Waals surface area contributed by atoms with Crippen molar-refractivity contribution in [3.8, 4) is 0 Å². The summed E-state index contributed by atoms with van der Waals surface area (Å²) in [6.45, 7) is 6.92. The van der Waals surface area contributed by atoms with Gasteiger partial charge < -0.3 is 10.2 Å². The lowest BCUT2D eigenvalue weighted by molar-refractivity contribution is -0.129. The van der Waals surface area contributed by atoms with Gasteiger partial charge in [-0.3, -0.25) is 4.79 Å². The molecule has 0 spiro atoms. The van der Waals surface area contributed by atoms with E-state index in [1.165, 1.54) is 11.1 Å². The molecule has 1 amide bonds. The first kappa shape index (κ1) is 17.0. The van der Waals surface area contributed by atoms with E-state index in [4.69, 9.17) is 0 Å². The van der Waals surface area contributed by atoms with E-state index in [9.17, 15) is 4.79 Å². The molecule has 1 atom stereocenters. The monoisotopic (exact) mass is 350 g/mol. The number of aromatic nitrogens is 2. The third-order valence-corrected chi connectivity index (χ3v) is 5.43. The van der Waals surface area contributed by atoms with Crippen molar-refractivity contribution in [2.75, 3.05) is 11.9 Å². The molecule has 0 radical (unpaired) electrons. The topological polar surface area (TPSA) is 58.1 Å². The number of hydrogen-bond donors (Lipinski definition) is 1. The largest absolute Gasteiger partial charge is 0.365 e. The summed E-state index contributed by atoms with van der Waals surface area (Å²) < 4.78 is 0. The van der Waals surface area contributed by atoms with Crippen LogP contribution >= 0.6 is 0 Å². The highest BCUT2D eigenvalue weighted by molar-refractivity contribution is 5.80. The molecular weight excluding hydrogens is 324 g/mol. The van der Waals surface area contributed by atoms with Gasteiger partial charge in [0.25, 0.3) is 0 Å². The standard InChI is InChI=1S/C21H26N4O/c1-13(2)19-11-20(23-14(3)22-19)24-17-10-21(26)25(12-17)18-8-15-6-4-5-7-16(15)9-18/h4-7,11,13,17-18H,8-10,12H2,1-3H3,(H,22,23,24). The van der Waals surface area contributed by atoms with Crippen LogP contribution in [0.2, 0.25) is 0 Å². The Balaban J connectivity index is 1.44. The van der Waals surface area contributed by atoms with E-state index in [1.807, 2.05) is 13.0 Å². The summed E-state index contributed by atoms with van der Waals surface area (Å²) in [7, 11) is 0. The molecule has 5 nitrogen and oxygen atoms in total. The maximum absolute atomic E-state index is 12.6. The van der Waals surface area contributed by atoms with Gasteiger partial charge in [0, 0.05) is 30.8 Å². The number of nitrogens with one attached hydrogen (secondary N) is 1. The normalized spacial score (nSPS) is 20.1. The van der Waals surface area contributed by atoms with E-state index < -0.39 is 0 Å². The number of benzene rings is 1. The molecule has 1 saturated heterocycles. The zero-order valence-electron chi connectivity index (χ0n) is 15.7. The van der Waals surface area contributed by atoms with Crippen molar-refractivity contribution in [2.24, 2.45) is 0 Å². The summed E-state index contributed by atoms with van der Waals surface area (Å²) in [6.07, 6.45) is 2.48. The van der Waals surface area contributed by atoms with E-state index in [0.29, 0.717) is 18.4 Å². The summed E-state index contributed by atoms with van der Waals surface area (Å²) in [6, 6.07) is 11.0. The first-order valence-corrected chi connectivity index (χ1v) is 9.48. The Morgan fingerprint density at radius 2 is 1.81 bits per heavy atom. The Labute approximate surface area is 154 Å². The molecule has 136 valence electrons. The molecule has 26 heavy (non-hydrogen) atoms. The van der Waals surface area contributed by atoms with Gasteiger partial charge in [0.15, 0.2) is 0 Å². The Morgan fingerprint density at radius 3 is 2.46 bits per heavy atom. The molecule has 1 aromatic heterocycles. The molecule has 1 N–H and O–H groups in total. The molecule has 1 aliphatic carbocycles. The lowest BCUT2D eigenvalue weighted by Crippen LogP contribution is -2.38. The van der Waals surface area contributed by atoms with Gasteiger partial charge in [-0.2, -0.15) is 0 Å². The number of fused-ring (bicyclic) bond motifs is 1. The SMILES string of the molecule is Cc1nc(NC2CC(=O)N(C3Cc4ccccc4C3)C2)cc(C(C)C)n1. The fourth-order valence-corrected chi connectivity index (χ4v) is 4.11. The van der Waals surface area contributed by atoms with Crippen LogP contribution in [0.1, 0.15) is 48.8 Å². The number of amides is 1. The van der Waals surface area contributed by atoms with E-state index in [2.05, 4.69) is 58.3 Å². The molecule has 5 heteroatoms. The average Bonchev–Trinajstić information content (AvgIpc) is 3.17. The van der Waals surface area contributed by atoms with Crippen LogP contribution in [0.5, 0.6) is 0 Å². The fraction of sp³-hybridized carbons (Fsp3) is 0.476. The summed E-state index contributed by atoms with van der Waals surface area (Å²) >= 11 is 0. The van der Waals surface area contributed by atoms with Crippen LogP contribution in [-0.2, 0) is 17.6 Å². The minimum Gasteiger partial charge on any atom is -0.365 e. The van der Waals surface area contributed by atoms with Crippen LogP contribution in [0.15, 0.2) is 30.3 Å². The lowest BCUT2D eigenvalue weighted by atomic mass is 10.1. The molecule has 2 aliphatic rings. The van der Waals surface area contributed by atoms with Crippen molar-refractivity contribution in [2.45, 2.75) is 58.0 Å². The molecule has 2 aromatic rings. The Kier molecular flexibility index (Phi) is 4.39. The van der Waals surface area contributed by atoms with Crippen molar-refractivity contribution in [3.63, 3.8) is 0 Å². The number of hydrogen-bond acceptors (Lipinski definition) is 4. The van der Waals surface area contributed by atoms with Crippen LogP contribution in [0.4, 0.5) is 5.82 Å². The molecule has 1 fully saturated rings. The van der Waals surface area contributed by atoms with E-state index >= 15 is 0 Å². The van der Waals surface area contributed by atoms with Crippen LogP contribution < -0.4 is 5.32 Å². The third kappa shape index (κ3) is 3.30. The molecule has 1 aliphatic heterocycles. The zero-order valence-corrected chi connectivity index (χ0v) is 15.7. The van der Waals surface area contributed by atoms with Crippen LogP contribution in [-0.4, -0.2) is 39.4 Å². The van der Waals surface area contributed by atoms with Gasteiger partial charge in [0.05, 0.1) is 6.04 Å². The maximum atomic E-state index is 12.6. The Hall–Kier alpha value is -2.43. The smallest absolute Gasteiger partial charge is 0.225 e. The van der Waals surface area contributed by atoms with Gasteiger partial charge >= 0.3 is 0 Å². The summed E-state index contributed by atoms with van der Waals surface area (Å²) in [4.78, 5) is 23.7. The number of rotatable bonds is 4. The van der Waals surface area contributed by atoms with E-state index in [0.717, 1.165) is 36.7 Å². The quantitative estimate of drug-likeness (QED) is 0.921. The Bertz CT molecular complexity index is 808. The van der Waals surface area contributed by atoms with Gasteiger partial charge in [-0.1, -0.05) is 38.1 Å². The molecule has 2 heterocycles. The molecule has 0 bridgehead atoms. The lowest BCUT2D eigenvalue weighted by Gasteiger charge is -2.24. The van der Waals surface area contributed by atoms with E-state index in [1.54, 1.807) is 0 Å². The van der Waals surface area contributed by atoms with Crippen molar-refractivity contribution in [1.82, 2.24) is 14.9 Å². The van der Waals surface area contributed by atoms with Gasteiger partial charge in [0.1, 0.15) is 11.6 Å². The maximum Gasteiger partial charge on any atom is 0.225 e. The van der Waals surface area contributed by atoms with Crippen LogP contribution in [0.25, 0.3) is 0 Å². The molecule has 4 rings (SSSR count). The van der Waals surface area contributed by atoms with Gasteiger partial charge in [-0.05, 0) is 36.8 Å². The van der Waals surface area contributed by atoms with Crippen molar-refractivity contribution in [1.29, 1.82) is 0 Å². The molecular formula is C21H26N4O. The van der Waals surface area contributed by atoms with Crippen molar-refractivity contribution >= 4 is 11.7 Å². The summed E-state index contributed by atoms with van der Waals surface area (Å²) in [5.74, 6) is 2.20. The van der Waals surface area contributed by atoms with E-state index in [-0.39, 0.29) is 11.9 Å². The summed E-state index contributed by atoms with van der Waals surface area (Å²) in [5, 5.41) is 3.47. The minimum absolute atomic E-state index is 0.112. The number of anilines is 1. The second kappa shape index (κ2) is 6.71. The molecule has 1 aromatic carbocycles. The second-order valence-electron chi connectivity index (χ2n) is 7.80. The predicted molar refractivity (Wildman–Crippen MR) is 102 cm³/mol. The van der Waals surface area contributed by atoms with Crippen molar-refractivity contribution < 1.29 is 4.79 Å². The highest BCUT2D eigenvalue weighted by atomic mass is 16.2. The first-order valence-electron chi connectivity index (χ1n) is 9.48. The van der Waals surface area contributed by atoms with Gasteiger partial charge in [-0.25, -0.2) is 9.97 Å². The minimum atomic E-state index is 0.112. The Morgan fingerprint density at radius 1 is 1.12 bits per heavy atom. The van der Waals surface area contributed by atoms with Gasteiger partial charge in [0.2, 0.25) is 5.91 Å². The number of carbonyl (C=O) groups is 1. The fourth-order valence-electron chi connectivity index (χ4n) is 4.11. The molecule has 1 unspecified atom stereocenters.